The minimum absolute atomic E-state index is 0.00220. The number of aryl methyl sites for hydroxylation is 1. The smallest absolute Gasteiger partial charge is 0.337 e. The number of carbonyl (C=O) groups is 1. The molecule has 0 atom stereocenters. The summed E-state index contributed by atoms with van der Waals surface area (Å²) in [7, 11) is -3.98. The number of aromatic nitrogens is 2. The van der Waals surface area contributed by atoms with Crippen molar-refractivity contribution in [2.75, 3.05) is 15.8 Å². The molecule has 0 fully saturated rings. The highest BCUT2D eigenvalue weighted by atomic mass is 32.2. The molecule has 2 aromatic carbocycles. The van der Waals surface area contributed by atoms with Gasteiger partial charge in [-0.3, -0.25) is 4.79 Å². The molecule has 0 bridgehead atoms. The monoisotopic (exact) mass is 591 g/mol. The number of hydrogen-bond acceptors (Lipinski definition) is 8. The third-order valence-electron chi connectivity index (χ3n) is 5.84. The summed E-state index contributed by atoms with van der Waals surface area (Å²) in [6, 6.07) is 14.7. The number of alkyl halides is 3. The van der Waals surface area contributed by atoms with Crippen molar-refractivity contribution in [3.05, 3.63) is 83.0 Å². The van der Waals surface area contributed by atoms with E-state index in [-0.39, 0.29) is 38.5 Å². The third-order valence-corrected chi connectivity index (χ3v) is 8.20. The van der Waals surface area contributed by atoms with E-state index in [2.05, 4.69) is 20.2 Å². The second-order valence-electron chi connectivity index (χ2n) is 8.60. The number of thioether (sulfide) groups is 1. The summed E-state index contributed by atoms with van der Waals surface area (Å²) in [5.74, 6) is -0.793. The molecular formula is C26H24F3N5O4S2. The summed E-state index contributed by atoms with van der Waals surface area (Å²) in [6.45, 7) is 2.92. The Morgan fingerprint density at radius 1 is 1.07 bits per heavy atom. The number of nitrogens with zero attached hydrogens (tertiary/aromatic N) is 2. The molecule has 0 aliphatic rings. The van der Waals surface area contributed by atoms with Crippen molar-refractivity contribution in [1.29, 1.82) is 0 Å². The van der Waals surface area contributed by atoms with Crippen LogP contribution in [-0.2, 0) is 27.5 Å². The summed E-state index contributed by atoms with van der Waals surface area (Å²) in [5, 5.41) is 6.30. The molecule has 4 rings (SSSR count). The summed E-state index contributed by atoms with van der Waals surface area (Å²) < 4.78 is 74.1. The number of nitrogens with one attached hydrogen (secondary N) is 2. The van der Waals surface area contributed by atoms with Gasteiger partial charge in [-0.1, -0.05) is 47.3 Å². The fourth-order valence-electron chi connectivity index (χ4n) is 3.61. The van der Waals surface area contributed by atoms with Crippen molar-refractivity contribution >= 4 is 39.3 Å². The molecule has 40 heavy (non-hydrogen) atoms. The van der Waals surface area contributed by atoms with Gasteiger partial charge in [0.1, 0.15) is 5.03 Å². The van der Waals surface area contributed by atoms with Gasteiger partial charge in [-0.05, 0) is 44.2 Å². The highest BCUT2D eigenvalue weighted by Gasteiger charge is 2.35. The Hall–Kier alpha value is -3.88. The number of pyridine rings is 1. The van der Waals surface area contributed by atoms with Crippen molar-refractivity contribution in [2.24, 2.45) is 5.73 Å². The fourth-order valence-corrected chi connectivity index (χ4v) is 5.53. The Labute approximate surface area is 232 Å². The molecule has 2 aromatic heterocycles. The van der Waals surface area contributed by atoms with Crippen LogP contribution in [0.15, 0.2) is 75.1 Å². The lowest BCUT2D eigenvalue weighted by atomic mass is 10.0. The second-order valence-corrected chi connectivity index (χ2v) is 11.2. The van der Waals surface area contributed by atoms with E-state index < -0.39 is 34.2 Å². The van der Waals surface area contributed by atoms with E-state index in [0.29, 0.717) is 16.8 Å². The maximum absolute atomic E-state index is 13.8. The molecule has 0 aliphatic carbocycles. The summed E-state index contributed by atoms with van der Waals surface area (Å²) in [6.07, 6.45) is -4.67. The molecule has 0 saturated heterocycles. The zero-order valence-corrected chi connectivity index (χ0v) is 22.9. The van der Waals surface area contributed by atoms with Crippen LogP contribution in [0.3, 0.4) is 0 Å². The topological polar surface area (TPSA) is 140 Å². The first kappa shape index (κ1) is 29.1. The van der Waals surface area contributed by atoms with Crippen molar-refractivity contribution in [3.63, 3.8) is 0 Å². The van der Waals surface area contributed by atoms with Crippen molar-refractivity contribution in [2.45, 2.75) is 36.5 Å². The van der Waals surface area contributed by atoms with Crippen LogP contribution in [0.5, 0.6) is 0 Å². The highest BCUT2D eigenvalue weighted by molar-refractivity contribution is 8.00. The quantitative estimate of drug-likeness (QED) is 0.221. The molecule has 4 aromatic rings. The number of anilines is 2. The molecule has 1 amide bonds. The van der Waals surface area contributed by atoms with E-state index >= 15 is 0 Å². The van der Waals surface area contributed by atoms with Crippen LogP contribution < -0.4 is 15.8 Å². The summed E-state index contributed by atoms with van der Waals surface area (Å²) >= 11 is 0.825. The molecule has 0 radical (unpaired) electrons. The Morgan fingerprint density at radius 2 is 1.75 bits per heavy atom. The van der Waals surface area contributed by atoms with Gasteiger partial charge in [-0.15, -0.1) is 0 Å². The minimum atomic E-state index is -4.67. The first-order valence-corrected chi connectivity index (χ1v) is 14.2. The van der Waals surface area contributed by atoms with Crippen LogP contribution in [0, 0.1) is 13.8 Å². The fraction of sp³-hybridized carbons (Fsp3) is 0.192. The third kappa shape index (κ3) is 6.63. The SMILES string of the molecule is Cc1noc(NS(=O)(=O)c2ccc(NC(=O)CSc3nc(-c4ccccc4)cc(C(F)(F)F)c3CN)cc2)c1C. The van der Waals surface area contributed by atoms with Crippen LogP contribution in [-0.4, -0.2) is 30.2 Å². The summed E-state index contributed by atoms with van der Waals surface area (Å²) in [5.41, 5.74) is 6.52. The molecule has 2 heterocycles. The van der Waals surface area contributed by atoms with Crippen LogP contribution >= 0.6 is 11.8 Å². The Morgan fingerprint density at radius 3 is 2.33 bits per heavy atom. The minimum Gasteiger partial charge on any atom is -0.337 e. The standard InChI is InChI=1S/C26H24F3N5O4S2/c1-15-16(2)33-38-24(15)34-40(36,37)19-10-8-18(9-11-19)31-23(35)14-39-25-20(13-30)21(26(27,28)29)12-22(32-25)17-6-4-3-5-7-17/h3-12,34H,13-14,30H2,1-2H3,(H,31,35). The number of sulfonamides is 1. The lowest BCUT2D eigenvalue weighted by molar-refractivity contribution is -0.138. The van der Waals surface area contributed by atoms with E-state index in [9.17, 15) is 26.4 Å². The predicted molar refractivity (Wildman–Crippen MR) is 145 cm³/mol. The van der Waals surface area contributed by atoms with Crippen LogP contribution in [0.4, 0.5) is 24.7 Å². The van der Waals surface area contributed by atoms with Crippen LogP contribution in [0.2, 0.25) is 0 Å². The zero-order valence-electron chi connectivity index (χ0n) is 21.2. The lowest BCUT2D eigenvalue weighted by Gasteiger charge is -2.17. The van der Waals surface area contributed by atoms with Gasteiger partial charge in [0.15, 0.2) is 0 Å². The van der Waals surface area contributed by atoms with E-state index in [0.717, 1.165) is 17.8 Å². The molecule has 9 nitrogen and oxygen atoms in total. The number of halogens is 3. The van der Waals surface area contributed by atoms with Gasteiger partial charge in [0.05, 0.1) is 27.6 Å². The van der Waals surface area contributed by atoms with Gasteiger partial charge in [0.2, 0.25) is 11.8 Å². The van der Waals surface area contributed by atoms with Crippen LogP contribution in [0.1, 0.15) is 22.4 Å². The molecule has 4 N–H and O–H groups in total. The Kier molecular flexibility index (Phi) is 8.51. The Bertz CT molecular complexity index is 1620. The van der Waals surface area contributed by atoms with E-state index in [1.807, 2.05) is 0 Å². The van der Waals surface area contributed by atoms with Gasteiger partial charge in [-0.2, -0.15) is 13.2 Å². The first-order valence-electron chi connectivity index (χ1n) is 11.7. The van der Waals surface area contributed by atoms with Gasteiger partial charge >= 0.3 is 6.18 Å². The van der Waals surface area contributed by atoms with E-state index in [1.165, 1.54) is 24.3 Å². The van der Waals surface area contributed by atoms with Gasteiger partial charge in [0.25, 0.3) is 10.0 Å². The average Bonchev–Trinajstić information content (AvgIpc) is 3.23. The van der Waals surface area contributed by atoms with Gasteiger partial charge < -0.3 is 15.6 Å². The normalized spacial score (nSPS) is 11.8. The van der Waals surface area contributed by atoms with Gasteiger partial charge in [0, 0.05) is 28.9 Å². The molecule has 14 heteroatoms. The molecule has 0 spiro atoms. The van der Waals surface area contributed by atoms with E-state index in [4.69, 9.17) is 10.3 Å². The predicted octanol–water partition coefficient (Wildman–Crippen LogP) is 5.36. The lowest BCUT2D eigenvalue weighted by Crippen LogP contribution is -2.17. The molecule has 0 unspecified atom stereocenters. The average molecular weight is 592 g/mol. The first-order chi connectivity index (χ1) is 18.9. The van der Waals surface area contributed by atoms with Crippen molar-refractivity contribution < 1.29 is 30.9 Å². The van der Waals surface area contributed by atoms with Crippen molar-refractivity contribution in [1.82, 2.24) is 10.1 Å². The van der Waals surface area contributed by atoms with Gasteiger partial charge in [-0.25, -0.2) is 18.1 Å². The second kappa shape index (κ2) is 11.7. The summed E-state index contributed by atoms with van der Waals surface area (Å²) in [4.78, 5) is 16.9. The van der Waals surface area contributed by atoms with E-state index in [1.54, 1.807) is 44.2 Å². The number of hydrogen-bond donors (Lipinski definition) is 3. The molecule has 0 aliphatic heterocycles. The number of carbonyl (C=O) groups excluding carboxylic acids is 1. The number of nitrogens with two attached hydrogens (primary N) is 1. The molecule has 210 valence electrons. The maximum Gasteiger partial charge on any atom is 0.416 e. The zero-order chi connectivity index (χ0) is 29.1. The van der Waals surface area contributed by atoms with Crippen molar-refractivity contribution in [3.8, 4) is 11.3 Å². The molecular weight excluding hydrogens is 567 g/mol. The maximum atomic E-state index is 13.8. The largest absolute Gasteiger partial charge is 0.416 e. The highest BCUT2D eigenvalue weighted by Crippen LogP contribution is 2.38. The Balaban J connectivity index is 1.48. The molecule has 0 saturated carbocycles. The number of amides is 1. The number of rotatable bonds is 9. The van der Waals surface area contributed by atoms with Crippen LogP contribution in [0.25, 0.3) is 11.3 Å². The number of benzene rings is 2.